The van der Waals surface area contributed by atoms with Gasteiger partial charge in [0.1, 0.15) is 0 Å². The number of hydrogen-bond acceptors (Lipinski definition) is 0. The quantitative estimate of drug-likeness (QED) is 0.559. The summed E-state index contributed by atoms with van der Waals surface area (Å²) in [6.07, 6.45) is 7.15. The maximum Gasteiger partial charge on any atom is 0.0786 e. The average molecular weight is 206 g/mol. The monoisotopic (exact) mass is 205 g/mol. The molecule has 0 spiro atoms. The fourth-order valence-corrected chi connectivity index (χ4v) is 2.69. The van der Waals surface area contributed by atoms with Crippen molar-refractivity contribution in [1.29, 1.82) is 0 Å². The van der Waals surface area contributed by atoms with E-state index in [1.807, 2.05) is 0 Å². The summed E-state index contributed by atoms with van der Waals surface area (Å²) < 4.78 is 1.44. The van der Waals surface area contributed by atoms with E-state index < -0.39 is 0 Å². The lowest BCUT2D eigenvalue weighted by molar-refractivity contribution is -0.932. The van der Waals surface area contributed by atoms with E-state index in [1.165, 1.54) is 62.8 Å². The third-order valence-corrected chi connectivity index (χ3v) is 3.16. The Morgan fingerprint density at radius 3 is 1.69 bits per heavy atom. The van der Waals surface area contributed by atoms with Gasteiger partial charge in [-0.1, -0.05) is 13.8 Å². The molecule has 0 aromatic heterocycles. The number of halogens is 1. The van der Waals surface area contributed by atoms with E-state index in [9.17, 15) is 0 Å². The number of likely N-dealkylation sites (tertiary alicyclic amines) is 1. The standard InChI is InChI=1S/C11H24N.ClH/c1-3-8-12(9-4-2)10-6-5-7-11-12;/h3-11H2,1-2H3;1H/q+1;/p-1. The second-order valence-corrected chi connectivity index (χ2v) is 4.30. The van der Waals surface area contributed by atoms with Gasteiger partial charge in [0.05, 0.1) is 26.2 Å². The van der Waals surface area contributed by atoms with Gasteiger partial charge in [-0.2, -0.15) is 0 Å². The molecule has 0 bridgehead atoms. The number of quaternary nitrogens is 1. The van der Waals surface area contributed by atoms with Gasteiger partial charge < -0.3 is 16.9 Å². The highest BCUT2D eigenvalue weighted by Gasteiger charge is 2.27. The maximum atomic E-state index is 2.32. The molecule has 1 fully saturated rings. The summed E-state index contributed by atoms with van der Waals surface area (Å²) >= 11 is 0. The van der Waals surface area contributed by atoms with Crippen LogP contribution in [-0.4, -0.2) is 30.7 Å². The smallest absolute Gasteiger partial charge is 0.0786 e. The summed E-state index contributed by atoms with van der Waals surface area (Å²) in [6, 6.07) is 0. The van der Waals surface area contributed by atoms with Gasteiger partial charge in [-0.3, -0.25) is 0 Å². The van der Waals surface area contributed by atoms with Gasteiger partial charge in [0.2, 0.25) is 0 Å². The first kappa shape index (κ1) is 13.2. The average Bonchev–Trinajstić information content (AvgIpc) is 2.07. The molecule has 13 heavy (non-hydrogen) atoms. The van der Waals surface area contributed by atoms with Crippen molar-refractivity contribution in [2.45, 2.75) is 46.0 Å². The molecule has 0 aromatic carbocycles. The lowest BCUT2D eigenvalue weighted by Crippen LogP contribution is -3.00. The fourth-order valence-electron chi connectivity index (χ4n) is 2.69. The molecule has 80 valence electrons. The highest BCUT2D eigenvalue weighted by molar-refractivity contribution is 4.53. The van der Waals surface area contributed by atoms with E-state index in [-0.39, 0.29) is 12.4 Å². The third kappa shape index (κ3) is 3.86. The van der Waals surface area contributed by atoms with Crippen molar-refractivity contribution in [3.8, 4) is 0 Å². The van der Waals surface area contributed by atoms with Gasteiger partial charge in [-0.15, -0.1) is 0 Å². The number of rotatable bonds is 4. The Morgan fingerprint density at radius 1 is 0.846 bits per heavy atom. The molecule has 1 aliphatic rings. The highest BCUT2D eigenvalue weighted by atomic mass is 35.5. The molecule has 1 saturated heterocycles. The minimum atomic E-state index is 0. The van der Waals surface area contributed by atoms with Crippen molar-refractivity contribution in [3.05, 3.63) is 0 Å². The molecule has 0 saturated carbocycles. The van der Waals surface area contributed by atoms with E-state index in [4.69, 9.17) is 0 Å². The normalized spacial score (nSPS) is 20.8. The zero-order chi connectivity index (χ0) is 8.86. The fraction of sp³-hybridized carbons (Fsp3) is 1.00. The second kappa shape index (κ2) is 6.67. The minimum Gasteiger partial charge on any atom is -1.00 e. The van der Waals surface area contributed by atoms with Gasteiger partial charge in [0, 0.05) is 0 Å². The summed E-state index contributed by atoms with van der Waals surface area (Å²) in [5, 5.41) is 0. The van der Waals surface area contributed by atoms with Crippen molar-refractivity contribution < 1.29 is 16.9 Å². The number of hydrogen-bond donors (Lipinski definition) is 0. The van der Waals surface area contributed by atoms with Crippen LogP contribution in [-0.2, 0) is 0 Å². The summed E-state index contributed by atoms with van der Waals surface area (Å²) in [4.78, 5) is 0. The summed E-state index contributed by atoms with van der Waals surface area (Å²) in [5.41, 5.74) is 0. The highest BCUT2D eigenvalue weighted by Crippen LogP contribution is 2.19. The number of piperidine rings is 1. The maximum absolute atomic E-state index is 2.32. The van der Waals surface area contributed by atoms with E-state index in [0.717, 1.165) is 0 Å². The van der Waals surface area contributed by atoms with Crippen molar-refractivity contribution in [2.75, 3.05) is 26.2 Å². The lowest BCUT2D eigenvalue weighted by Gasteiger charge is -2.41. The molecule has 0 aromatic rings. The van der Waals surface area contributed by atoms with E-state index in [1.54, 1.807) is 0 Å². The van der Waals surface area contributed by atoms with Crippen LogP contribution in [0.2, 0.25) is 0 Å². The molecule has 0 unspecified atom stereocenters. The van der Waals surface area contributed by atoms with Gasteiger partial charge in [-0.05, 0) is 32.1 Å². The Kier molecular flexibility index (Phi) is 6.79. The van der Waals surface area contributed by atoms with Gasteiger partial charge >= 0.3 is 0 Å². The van der Waals surface area contributed by atoms with Crippen molar-refractivity contribution in [2.24, 2.45) is 0 Å². The first-order chi connectivity index (χ1) is 5.83. The summed E-state index contributed by atoms with van der Waals surface area (Å²) in [7, 11) is 0. The first-order valence-electron chi connectivity index (χ1n) is 5.68. The largest absolute Gasteiger partial charge is 1.00 e. The molecule has 1 aliphatic heterocycles. The van der Waals surface area contributed by atoms with Crippen LogP contribution in [0.5, 0.6) is 0 Å². The molecule has 1 heterocycles. The van der Waals surface area contributed by atoms with Crippen LogP contribution in [0.4, 0.5) is 0 Å². The summed E-state index contributed by atoms with van der Waals surface area (Å²) in [6.45, 7) is 10.4. The molecular weight excluding hydrogens is 182 g/mol. The zero-order valence-corrected chi connectivity index (χ0v) is 9.95. The minimum absolute atomic E-state index is 0. The Morgan fingerprint density at radius 2 is 1.31 bits per heavy atom. The van der Waals surface area contributed by atoms with E-state index in [2.05, 4.69) is 13.8 Å². The Labute approximate surface area is 89.5 Å². The molecule has 1 nitrogen and oxygen atoms in total. The molecule has 0 aliphatic carbocycles. The van der Waals surface area contributed by atoms with Crippen molar-refractivity contribution >= 4 is 0 Å². The Bertz CT molecular complexity index is 104. The van der Waals surface area contributed by atoms with Gasteiger partial charge in [0.15, 0.2) is 0 Å². The zero-order valence-electron chi connectivity index (χ0n) is 9.19. The third-order valence-electron chi connectivity index (χ3n) is 3.16. The SMILES string of the molecule is CCC[N+]1(CCC)CCCCC1.[Cl-]. The van der Waals surface area contributed by atoms with Crippen LogP contribution >= 0.6 is 0 Å². The van der Waals surface area contributed by atoms with E-state index in [0.29, 0.717) is 0 Å². The predicted molar refractivity (Wildman–Crippen MR) is 54.2 cm³/mol. The Balaban J connectivity index is 0.00000144. The van der Waals surface area contributed by atoms with Crippen molar-refractivity contribution in [1.82, 2.24) is 0 Å². The van der Waals surface area contributed by atoms with E-state index >= 15 is 0 Å². The van der Waals surface area contributed by atoms with Crippen LogP contribution in [0.1, 0.15) is 46.0 Å². The van der Waals surface area contributed by atoms with Crippen LogP contribution in [0.3, 0.4) is 0 Å². The molecule has 0 atom stereocenters. The topological polar surface area (TPSA) is 0 Å². The van der Waals surface area contributed by atoms with Crippen LogP contribution < -0.4 is 12.4 Å². The molecule has 1 rings (SSSR count). The molecular formula is C11H24ClN. The second-order valence-electron chi connectivity index (χ2n) is 4.30. The van der Waals surface area contributed by atoms with Crippen molar-refractivity contribution in [3.63, 3.8) is 0 Å². The summed E-state index contributed by atoms with van der Waals surface area (Å²) in [5.74, 6) is 0. The predicted octanol–water partition coefficient (Wildman–Crippen LogP) is -0.189. The first-order valence-corrected chi connectivity index (χ1v) is 5.68. The Hall–Kier alpha value is 0.250. The molecule has 2 heteroatoms. The molecule has 0 N–H and O–H groups in total. The van der Waals surface area contributed by atoms with Crippen LogP contribution in [0, 0.1) is 0 Å². The van der Waals surface area contributed by atoms with Gasteiger partial charge in [-0.25, -0.2) is 0 Å². The molecule has 0 amide bonds. The molecule has 0 radical (unpaired) electrons. The number of nitrogens with zero attached hydrogens (tertiary/aromatic N) is 1. The van der Waals surface area contributed by atoms with Crippen LogP contribution in [0.25, 0.3) is 0 Å². The van der Waals surface area contributed by atoms with Gasteiger partial charge in [0.25, 0.3) is 0 Å². The lowest BCUT2D eigenvalue weighted by atomic mass is 10.1. The van der Waals surface area contributed by atoms with Crippen LogP contribution in [0.15, 0.2) is 0 Å².